The summed E-state index contributed by atoms with van der Waals surface area (Å²) < 4.78 is 0. The molecule has 1 aromatic rings. The predicted molar refractivity (Wildman–Crippen MR) is 62.8 cm³/mol. The van der Waals surface area contributed by atoms with Gasteiger partial charge in [0.2, 0.25) is 0 Å². The zero-order valence-electron chi connectivity index (χ0n) is 9.12. The summed E-state index contributed by atoms with van der Waals surface area (Å²) in [5, 5.41) is 6.82. The second-order valence-electron chi connectivity index (χ2n) is 3.67. The maximum Gasteiger partial charge on any atom is 0.0924 e. The van der Waals surface area contributed by atoms with E-state index in [1.165, 1.54) is 24.3 Å². The highest BCUT2D eigenvalue weighted by atomic mass is 32.1. The van der Waals surface area contributed by atoms with Crippen molar-refractivity contribution in [3.63, 3.8) is 0 Å². The van der Waals surface area contributed by atoms with E-state index in [4.69, 9.17) is 0 Å². The maximum absolute atomic E-state index is 4.27. The molecule has 0 aliphatic heterocycles. The van der Waals surface area contributed by atoms with Crippen LogP contribution in [0.3, 0.4) is 0 Å². The van der Waals surface area contributed by atoms with E-state index in [0.717, 1.165) is 13.0 Å². The van der Waals surface area contributed by atoms with E-state index in [-0.39, 0.29) is 0 Å². The monoisotopic (exact) mass is 212 g/mol. The molecule has 0 aliphatic rings. The first-order valence-corrected chi connectivity index (χ1v) is 6.32. The number of hydrogen-bond acceptors (Lipinski definition) is 3. The van der Waals surface area contributed by atoms with Gasteiger partial charge in [-0.2, -0.15) is 0 Å². The van der Waals surface area contributed by atoms with E-state index < -0.39 is 0 Å². The molecule has 3 heteroatoms. The highest BCUT2D eigenvalue weighted by Crippen LogP contribution is 2.09. The fraction of sp³-hybridized carbons (Fsp3) is 0.727. The normalized spacial score (nSPS) is 13.0. The van der Waals surface area contributed by atoms with E-state index in [0.29, 0.717) is 6.04 Å². The largest absolute Gasteiger partial charge is 0.314 e. The molecular weight excluding hydrogens is 192 g/mol. The van der Waals surface area contributed by atoms with Crippen molar-refractivity contribution in [2.45, 2.75) is 45.6 Å². The predicted octanol–water partition coefficient (Wildman–Crippen LogP) is 2.85. The Bertz CT molecular complexity index is 221. The van der Waals surface area contributed by atoms with Crippen molar-refractivity contribution in [2.24, 2.45) is 0 Å². The summed E-state index contributed by atoms with van der Waals surface area (Å²) in [6.45, 7) is 5.60. The smallest absolute Gasteiger partial charge is 0.0924 e. The van der Waals surface area contributed by atoms with Crippen LogP contribution < -0.4 is 5.32 Å². The Kier molecular flexibility index (Phi) is 5.80. The van der Waals surface area contributed by atoms with Gasteiger partial charge in [0, 0.05) is 17.6 Å². The lowest BCUT2D eigenvalue weighted by Crippen LogP contribution is -2.26. The molecule has 1 N–H and O–H groups in total. The minimum Gasteiger partial charge on any atom is -0.314 e. The molecule has 0 aliphatic carbocycles. The number of nitrogens with one attached hydrogen (secondary N) is 1. The molecule has 0 amide bonds. The Morgan fingerprint density at radius 3 is 3.07 bits per heavy atom. The molecule has 0 aromatic carbocycles. The van der Waals surface area contributed by atoms with Gasteiger partial charge in [-0.1, -0.05) is 6.92 Å². The zero-order chi connectivity index (χ0) is 10.2. The van der Waals surface area contributed by atoms with Crippen molar-refractivity contribution >= 4 is 11.3 Å². The second kappa shape index (κ2) is 6.96. The summed E-state index contributed by atoms with van der Waals surface area (Å²) in [6, 6.07) is 0.648. The molecule has 1 rings (SSSR count). The molecule has 1 aromatic heterocycles. The highest BCUT2D eigenvalue weighted by Gasteiger charge is 2.01. The molecule has 2 nitrogen and oxygen atoms in total. The zero-order valence-corrected chi connectivity index (χ0v) is 9.94. The molecule has 0 radical (unpaired) electrons. The van der Waals surface area contributed by atoms with Gasteiger partial charge in [0.05, 0.1) is 5.01 Å². The molecule has 0 fully saturated rings. The first kappa shape index (κ1) is 11.7. The minimum atomic E-state index is 0.648. The molecule has 14 heavy (non-hydrogen) atoms. The summed E-state index contributed by atoms with van der Waals surface area (Å²) in [5.41, 5.74) is 0. The number of hydrogen-bond donors (Lipinski definition) is 1. The maximum atomic E-state index is 4.27. The van der Waals surface area contributed by atoms with Gasteiger partial charge in [-0.25, -0.2) is 4.98 Å². The van der Waals surface area contributed by atoms with Crippen LogP contribution in [0.2, 0.25) is 0 Å². The van der Waals surface area contributed by atoms with E-state index in [2.05, 4.69) is 24.1 Å². The lowest BCUT2D eigenvalue weighted by atomic mass is 10.1. The third-order valence-electron chi connectivity index (χ3n) is 2.25. The average Bonchev–Trinajstić information content (AvgIpc) is 2.67. The Labute approximate surface area is 90.8 Å². The molecule has 1 atom stereocenters. The third-order valence-corrected chi connectivity index (χ3v) is 3.09. The molecule has 0 saturated carbocycles. The number of nitrogens with zero attached hydrogens (tertiary/aromatic N) is 1. The van der Waals surface area contributed by atoms with Crippen LogP contribution in [-0.4, -0.2) is 17.6 Å². The van der Waals surface area contributed by atoms with Crippen molar-refractivity contribution < 1.29 is 0 Å². The van der Waals surface area contributed by atoms with Crippen LogP contribution in [0.4, 0.5) is 0 Å². The Morgan fingerprint density at radius 2 is 2.43 bits per heavy atom. The highest BCUT2D eigenvalue weighted by molar-refractivity contribution is 7.09. The van der Waals surface area contributed by atoms with Crippen molar-refractivity contribution in [3.8, 4) is 0 Å². The fourth-order valence-corrected chi connectivity index (χ4v) is 2.09. The molecule has 0 spiro atoms. The molecular formula is C11H20N2S. The summed E-state index contributed by atoms with van der Waals surface area (Å²) in [5.74, 6) is 0. The molecule has 1 unspecified atom stereocenters. The van der Waals surface area contributed by atoms with Gasteiger partial charge in [-0.05, 0) is 39.2 Å². The molecule has 0 saturated heterocycles. The Balaban J connectivity index is 2.03. The van der Waals surface area contributed by atoms with Gasteiger partial charge >= 0.3 is 0 Å². The topological polar surface area (TPSA) is 24.9 Å². The third kappa shape index (κ3) is 4.72. The van der Waals surface area contributed by atoms with Crippen molar-refractivity contribution in [2.75, 3.05) is 6.54 Å². The van der Waals surface area contributed by atoms with E-state index in [1.54, 1.807) is 11.3 Å². The average molecular weight is 212 g/mol. The molecule has 80 valence electrons. The van der Waals surface area contributed by atoms with Crippen molar-refractivity contribution in [3.05, 3.63) is 16.6 Å². The van der Waals surface area contributed by atoms with Gasteiger partial charge in [0.1, 0.15) is 0 Å². The van der Waals surface area contributed by atoms with Crippen LogP contribution >= 0.6 is 11.3 Å². The second-order valence-corrected chi connectivity index (χ2v) is 4.65. The lowest BCUT2D eigenvalue weighted by Gasteiger charge is -2.11. The Morgan fingerprint density at radius 1 is 1.57 bits per heavy atom. The van der Waals surface area contributed by atoms with Crippen LogP contribution in [-0.2, 0) is 6.42 Å². The lowest BCUT2D eigenvalue weighted by molar-refractivity contribution is 0.498. The van der Waals surface area contributed by atoms with Crippen molar-refractivity contribution in [1.82, 2.24) is 10.3 Å². The van der Waals surface area contributed by atoms with Crippen molar-refractivity contribution in [1.29, 1.82) is 0 Å². The van der Waals surface area contributed by atoms with Gasteiger partial charge in [-0.3, -0.25) is 0 Å². The molecule has 0 bridgehead atoms. The fourth-order valence-electron chi connectivity index (χ4n) is 1.43. The number of thiazole rings is 1. The standard InChI is InChI=1S/C11H20N2S/c1-3-7-12-10(2)5-4-6-11-13-8-9-14-11/h8-10,12H,3-7H2,1-2H3. The summed E-state index contributed by atoms with van der Waals surface area (Å²) in [4.78, 5) is 4.27. The van der Waals surface area contributed by atoms with Gasteiger partial charge in [0.25, 0.3) is 0 Å². The first-order valence-electron chi connectivity index (χ1n) is 5.44. The van der Waals surface area contributed by atoms with Crippen LogP contribution in [0.25, 0.3) is 0 Å². The minimum absolute atomic E-state index is 0.648. The van der Waals surface area contributed by atoms with Gasteiger partial charge < -0.3 is 5.32 Å². The summed E-state index contributed by atoms with van der Waals surface area (Å²) in [7, 11) is 0. The summed E-state index contributed by atoms with van der Waals surface area (Å²) in [6.07, 6.45) is 6.73. The first-order chi connectivity index (χ1) is 6.83. The van der Waals surface area contributed by atoms with E-state index >= 15 is 0 Å². The number of aryl methyl sites for hydroxylation is 1. The molecule has 1 heterocycles. The number of rotatable bonds is 7. The summed E-state index contributed by atoms with van der Waals surface area (Å²) >= 11 is 1.76. The van der Waals surface area contributed by atoms with Gasteiger partial charge in [0.15, 0.2) is 0 Å². The van der Waals surface area contributed by atoms with Crippen LogP contribution in [0, 0.1) is 0 Å². The van der Waals surface area contributed by atoms with Gasteiger partial charge in [-0.15, -0.1) is 11.3 Å². The van der Waals surface area contributed by atoms with E-state index in [1.807, 2.05) is 11.6 Å². The van der Waals surface area contributed by atoms with Crippen LogP contribution in [0.5, 0.6) is 0 Å². The number of aromatic nitrogens is 1. The SMILES string of the molecule is CCCNC(C)CCCc1nccs1. The van der Waals surface area contributed by atoms with Crippen LogP contribution in [0.15, 0.2) is 11.6 Å². The van der Waals surface area contributed by atoms with Crippen LogP contribution in [0.1, 0.15) is 38.1 Å². The quantitative estimate of drug-likeness (QED) is 0.752. The Hall–Kier alpha value is -0.410. The van der Waals surface area contributed by atoms with E-state index in [9.17, 15) is 0 Å².